The fourth-order valence-corrected chi connectivity index (χ4v) is 3.30. The molecule has 0 aliphatic carbocycles. The number of carbonyl (C=O) groups is 1. The van der Waals surface area contributed by atoms with Crippen LogP contribution in [0.1, 0.15) is 43.4 Å². The zero-order chi connectivity index (χ0) is 19.1. The molecule has 1 aromatic rings. The molecule has 0 aromatic carbocycles. The number of nitrogens with zero attached hydrogens (tertiary/aromatic N) is 3. The Balaban J connectivity index is 0.00000117. The molecule has 1 fully saturated rings. The molecule has 7 heteroatoms. The number of rotatable bonds is 5. The van der Waals surface area contributed by atoms with E-state index in [1.807, 2.05) is 30.7 Å². The van der Waals surface area contributed by atoms with Crippen LogP contribution in [0.25, 0.3) is 0 Å². The second-order valence-electron chi connectivity index (χ2n) is 6.43. The van der Waals surface area contributed by atoms with Gasteiger partial charge in [-0.25, -0.2) is 4.98 Å². The monoisotopic (exact) mass is 364 g/mol. The van der Waals surface area contributed by atoms with E-state index in [0.717, 1.165) is 49.6 Å². The summed E-state index contributed by atoms with van der Waals surface area (Å²) in [4.78, 5) is 21.0. The molecule has 2 aliphatic rings. The Morgan fingerprint density at radius 3 is 2.65 bits per heavy atom. The van der Waals surface area contributed by atoms with Gasteiger partial charge in [0.05, 0.1) is 6.54 Å². The van der Waals surface area contributed by atoms with Crippen molar-refractivity contribution in [2.45, 2.75) is 39.5 Å². The summed E-state index contributed by atoms with van der Waals surface area (Å²) in [5.74, 6) is 1.06. The number of aromatic nitrogens is 1. The maximum atomic E-state index is 12.3. The molecule has 26 heavy (non-hydrogen) atoms. The van der Waals surface area contributed by atoms with Gasteiger partial charge in [-0.15, -0.1) is 0 Å². The Morgan fingerprint density at radius 2 is 2.00 bits per heavy atom. The van der Waals surface area contributed by atoms with Crippen molar-refractivity contribution < 1.29 is 14.3 Å². The van der Waals surface area contributed by atoms with Gasteiger partial charge in [-0.1, -0.05) is 13.8 Å². The number of likely N-dealkylation sites (N-methyl/N-ethyl adjacent to an activating group) is 1. The van der Waals surface area contributed by atoms with Crippen LogP contribution in [0.15, 0.2) is 6.07 Å². The zero-order valence-corrected chi connectivity index (χ0v) is 16.7. The number of fused-ring (bicyclic) bond motifs is 1. The highest BCUT2D eigenvalue weighted by molar-refractivity contribution is 5.79. The van der Waals surface area contributed by atoms with Crippen LogP contribution in [0.5, 0.6) is 0 Å². The fourth-order valence-electron chi connectivity index (χ4n) is 3.30. The number of piperazine rings is 1. The Labute approximate surface area is 156 Å². The van der Waals surface area contributed by atoms with Crippen molar-refractivity contribution in [1.29, 1.82) is 0 Å². The minimum atomic E-state index is -0.531. The van der Waals surface area contributed by atoms with Gasteiger partial charge in [0.15, 0.2) is 0 Å². The molecule has 0 radical (unpaired) electrons. The van der Waals surface area contributed by atoms with Crippen molar-refractivity contribution in [3.8, 4) is 0 Å². The van der Waals surface area contributed by atoms with Gasteiger partial charge in [0.25, 0.3) is 0 Å². The van der Waals surface area contributed by atoms with E-state index in [2.05, 4.69) is 11.4 Å². The molecule has 0 bridgehead atoms. The number of hydrogen-bond acceptors (Lipinski definition) is 6. The smallest absolute Gasteiger partial charge is 0.237 e. The second-order valence-corrected chi connectivity index (χ2v) is 6.43. The third kappa shape index (κ3) is 4.72. The van der Waals surface area contributed by atoms with Crippen LogP contribution in [0.2, 0.25) is 0 Å². The summed E-state index contributed by atoms with van der Waals surface area (Å²) in [7, 11) is 5.18. The number of nitrogens with one attached hydrogen (secondary N) is 1. The number of ether oxygens (including phenoxy) is 2. The Bertz CT molecular complexity index is 605. The summed E-state index contributed by atoms with van der Waals surface area (Å²) in [6.45, 7) is 7.56. The van der Waals surface area contributed by atoms with E-state index in [1.54, 1.807) is 14.2 Å². The van der Waals surface area contributed by atoms with Crippen molar-refractivity contribution in [1.82, 2.24) is 14.8 Å². The SMILES string of the molecule is CC.COC(OC)c1nc2c(cc1CN1CCN(C)CC1=O)CCCN2. The van der Waals surface area contributed by atoms with Gasteiger partial charge in [0, 0.05) is 40.4 Å². The third-order valence-corrected chi connectivity index (χ3v) is 4.65. The van der Waals surface area contributed by atoms with Crippen molar-refractivity contribution in [3.05, 3.63) is 22.9 Å². The molecule has 0 atom stereocenters. The van der Waals surface area contributed by atoms with Gasteiger partial charge in [0.2, 0.25) is 12.2 Å². The van der Waals surface area contributed by atoms with Crippen LogP contribution in [0.4, 0.5) is 5.82 Å². The molecule has 146 valence electrons. The summed E-state index contributed by atoms with van der Waals surface area (Å²) in [5.41, 5.74) is 2.96. The number of methoxy groups -OCH3 is 2. The molecule has 3 rings (SSSR count). The van der Waals surface area contributed by atoms with Gasteiger partial charge in [-0.05, 0) is 37.1 Å². The Kier molecular flexibility index (Phi) is 7.81. The number of anilines is 1. The minimum Gasteiger partial charge on any atom is -0.370 e. The molecule has 0 saturated carbocycles. The lowest BCUT2D eigenvalue weighted by atomic mass is 10.0. The van der Waals surface area contributed by atoms with E-state index in [9.17, 15) is 4.79 Å². The highest BCUT2D eigenvalue weighted by atomic mass is 16.7. The van der Waals surface area contributed by atoms with Crippen molar-refractivity contribution in [2.24, 2.45) is 0 Å². The van der Waals surface area contributed by atoms with Crippen LogP contribution >= 0.6 is 0 Å². The number of pyridine rings is 1. The normalized spacial score (nSPS) is 17.5. The molecule has 1 saturated heterocycles. The second kappa shape index (κ2) is 9.85. The van der Waals surface area contributed by atoms with Crippen LogP contribution in [0, 0.1) is 0 Å². The predicted octanol–water partition coefficient (Wildman–Crippen LogP) is 2.03. The fraction of sp³-hybridized carbons (Fsp3) is 0.684. The molecular formula is C19H32N4O3. The maximum Gasteiger partial charge on any atom is 0.237 e. The number of aryl methyl sites for hydroxylation is 1. The third-order valence-electron chi connectivity index (χ3n) is 4.65. The van der Waals surface area contributed by atoms with Crippen LogP contribution in [0.3, 0.4) is 0 Å². The summed E-state index contributed by atoms with van der Waals surface area (Å²) in [6, 6.07) is 2.15. The molecule has 3 heterocycles. The van der Waals surface area contributed by atoms with E-state index in [4.69, 9.17) is 14.5 Å². The first-order valence-electron chi connectivity index (χ1n) is 9.41. The maximum absolute atomic E-state index is 12.3. The summed E-state index contributed by atoms with van der Waals surface area (Å²) >= 11 is 0. The lowest BCUT2D eigenvalue weighted by Crippen LogP contribution is -2.48. The minimum absolute atomic E-state index is 0.150. The molecule has 0 unspecified atom stereocenters. The van der Waals surface area contributed by atoms with Gasteiger partial charge in [0.1, 0.15) is 11.5 Å². The van der Waals surface area contributed by atoms with Crippen LogP contribution in [-0.4, -0.2) is 68.1 Å². The summed E-state index contributed by atoms with van der Waals surface area (Å²) in [5, 5.41) is 3.34. The van der Waals surface area contributed by atoms with Crippen LogP contribution < -0.4 is 5.32 Å². The molecular weight excluding hydrogens is 332 g/mol. The average molecular weight is 364 g/mol. The van der Waals surface area contributed by atoms with Crippen molar-refractivity contribution >= 4 is 11.7 Å². The van der Waals surface area contributed by atoms with E-state index in [0.29, 0.717) is 13.1 Å². The molecule has 0 spiro atoms. The first-order valence-corrected chi connectivity index (χ1v) is 9.41. The number of hydrogen-bond donors (Lipinski definition) is 1. The molecule has 1 amide bonds. The Hall–Kier alpha value is -1.70. The highest BCUT2D eigenvalue weighted by Crippen LogP contribution is 2.28. The topological polar surface area (TPSA) is 66.9 Å². The van der Waals surface area contributed by atoms with Gasteiger partial charge < -0.3 is 19.7 Å². The standard InChI is InChI=1S/C17H26N4O3.C2H6/c1-20-7-8-21(14(22)11-20)10-13-9-12-5-4-6-18-16(12)19-15(13)17(23-2)24-3;1-2/h9,17H,4-8,10-11H2,1-3H3,(H,18,19);1-2H3. The van der Waals surface area contributed by atoms with Crippen molar-refractivity contribution in [2.75, 3.05) is 52.8 Å². The molecule has 7 nitrogen and oxygen atoms in total. The lowest BCUT2D eigenvalue weighted by Gasteiger charge is -2.33. The number of carbonyl (C=O) groups excluding carboxylic acids is 1. The molecule has 2 aliphatic heterocycles. The van der Waals surface area contributed by atoms with E-state index < -0.39 is 6.29 Å². The van der Waals surface area contributed by atoms with Crippen LogP contribution in [-0.2, 0) is 27.2 Å². The Morgan fingerprint density at radius 1 is 1.27 bits per heavy atom. The zero-order valence-electron chi connectivity index (χ0n) is 16.7. The van der Waals surface area contributed by atoms with E-state index in [-0.39, 0.29) is 5.91 Å². The van der Waals surface area contributed by atoms with Crippen molar-refractivity contribution in [3.63, 3.8) is 0 Å². The lowest BCUT2D eigenvalue weighted by molar-refractivity contribution is -0.136. The first kappa shape index (κ1) is 20.6. The van der Waals surface area contributed by atoms with E-state index in [1.165, 1.54) is 5.56 Å². The molecule has 1 N–H and O–H groups in total. The van der Waals surface area contributed by atoms with Gasteiger partial charge >= 0.3 is 0 Å². The summed E-state index contributed by atoms with van der Waals surface area (Å²) < 4.78 is 10.9. The van der Waals surface area contributed by atoms with Gasteiger partial charge in [-0.2, -0.15) is 0 Å². The van der Waals surface area contributed by atoms with Gasteiger partial charge in [-0.3, -0.25) is 9.69 Å². The largest absolute Gasteiger partial charge is 0.370 e. The first-order chi connectivity index (χ1) is 12.6. The summed E-state index contributed by atoms with van der Waals surface area (Å²) in [6.07, 6.45) is 1.57. The average Bonchev–Trinajstić information content (AvgIpc) is 2.67. The highest BCUT2D eigenvalue weighted by Gasteiger charge is 2.26. The quantitative estimate of drug-likeness (QED) is 0.807. The number of amides is 1. The van der Waals surface area contributed by atoms with E-state index >= 15 is 0 Å². The molecule has 1 aromatic heterocycles. The predicted molar refractivity (Wildman–Crippen MR) is 102 cm³/mol.